The first kappa shape index (κ1) is 11.6. The van der Waals surface area contributed by atoms with E-state index < -0.39 is 11.6 Å². The molecule has 0 heterocycles. The van der Waals surface area contributed by atoms with Crippen molar-refractivity contribution in [2.75, 3.05) is 20.8 Å². The molecule has 3 N–H and O–H groups in total. The van der Waals surface area contributed by atoms with Gasteiger partial charge >= 0.3 is 0 Å². The number of methoxy groups -OCH3 is 2. The van der Waals surface area contributed by atoms with Crippen molar-refractivity contribution in [2.24, 2.45) is 5.73 Å². The largest absolute Gasteiger partial charge is 0.505 e. The van der Waals surface area contributed by atoms with Crippen molar-refractivity contribution < 1.29 is 19.0 Å². The Hall–Kier alpha value is -1.49. The summed E-state index contributed by atoms with van der Waals surface area (Å²) in [5.74, 6) is -0.604. The summed E-state index contributed by atoms with van der Waals surface area (Å²) in [5, 5.41) is 9.31. The Morgan fingerprint density at radius 3 is 2.53 bits per heavy atom. The lowest BCUT2D eigenvalue weighted by Crippen LogP contribution is -2.07. The van der Waals surface area contributed by atoms with Crippen LogP contribution < -0.4 is 15.2 Å². The van der Waals surface area contributed by atoms with Crippen molar-refractivity contribution in [2.45, 2.75) is 6.42 Å². The van der Waals surface area contributed by atoms with Gasteiger partial charge in [-0.25, -0.2) is 4.39 Å². The van der Waals surface area contributed by atoms with Crippen LogP contribution >= 0.6 is 0 Å². The molecule has 0 aliphatic rings. The van der Waals surface area contributed by atoms with Gasteiger partial charge in [-0.3, -0.25) is 0 Å². The monoisotopic (exact) mass is 215 g/mol. The highest BCUT2D eigenvalue weighted by Gasteiger charge is 2.18. The summed E-state index contributed by atoms with van der Waals surface area (Å²) in [7, 11) is 2.83. The summed E-state index contributed by atoms with van der Waals surface area (Å²) in [4.78, 5) is 0. The minimum absolute atomic E-state index is 0.233. The van der Waals surface area contributed by atoms with E-state index in [4.69, 9.17) is 15.2 Å². The lowest BCUT2D eigenvalue weighted by atomic mass is 10.1. The second-order valence-electron chi connectivity index (χ2n) is 2.96. The van der Waals surface area contributed by atoms with Gasteiger partial charge in [0.2, 0.25) is 0 Å². The molecule has 0 aliphatic carbocycles. The van der Waals surface area contributed by atoms with Gasteiger partial charge < -0.3 is 20.3 Å². The van der Waals surface area contributed by atoms with Crippen molar-refractivity contribution >= 4 is 0 Å². The van der Waals surface area contributed by atoms with Gasteiger partial charge in [0.15, 0.2) is 23.1 Å². The molecule has 5 heteroatoms. The molecule has 0 unspecified atom stereocenters. The van der Waals surface area contributed by atoms with E-state index in [1.165, 1.54) is 20.3 Å². The van der Waals surface area contributed by atoms with Crippen LogP contribution in [0.2, 0.25) is 0 Å². The quantitative estimate of drug-likeness (QED) is 0.788. The van der Waals surface area contributed by atoms with E-state index in [1.807, 2.05) is 0 Å². The van der Waals surface area contributed by atoms with E-state index >= 15 is 0 Å². The first-order valence-corrected chi connectivity index (χ1v) is 4.48. The van der Waals surface area contributed by atoms with E-state index in [2.05, 4.69) is 0 Å². The number of ether oxygens (including phenoxy) is 2. The van der Waals surface area contributed by atoms with Crippen LogP contribution in [0, 0.1) is 5.82 Å². The summed E-state index contributed by atoms with van der Waals surface area (Å²) in [6, 6.07) is 1.17. The Bertz CT molecular complexity index is 355. The maximum atomic E-state index is 13.5. The average Bonchev–Trinajstić information content (AvgIpc) is 2.24. The Morgan fingerprint density at radius 2 is 2.07 bits per heavy atom. The van der Waals surface area contributed by atoms with Crippen LogP contribution in [0.5, 0.6) is 17.2 Å². The first-order chi connectivity index (χ1) is 7.15. The van der Waals surface area contributed by atoms with Gasteiger partial charge in [-0.05, 0) is 13.0 Å². The number of rotatable bonds is 4. The fourth-order valence-electron chi connectivity index (χ4n) is 1.40. The van der Waals surface area contributed by atoms with Crippen LogP contribution in [0.25, 0.3) is 0 Å². The van der Waals surface area contributed by atoms with Crippen LogP contribution in [0.3, 0.4) is 0 Å². The van der Waals surface area contributed by atoms with Gasteiger partial charge in [0, 0.05) is 11.6 Å². The van der Waals surface area contributed by atoms with Crippen LogP contribution in [-0.2, 0) is 6.42 Å². The lowest BCUT2D eigenvalue weighted by molar-refractivity contribution is 0.340. The minimum Gasteiger partial charge on any atom is -0.505 e. The molecule has 0 radical (unpaired) electrons. The molecular formula is C10H14FNO3. The highest BCUT2D eigenvalue weighted by molar-refractivity contribution is 5.52. The molecule has 0 aliphatic heterocycles. The van der Waals surface area contributed by atoms with E-state index in [1.54, 1.807) is 0 Å². The summed E-state index contributed by atoms with van der Waals surface area (Å²) in [6.07, 6.45) is 0.278. The molecule has 0 bridgehead atoms. The van der Waals surface area contributed by atoms with Crippen LogP contribution in [0.4, 0.5) is 4.39 Å². The number of halogens is 1. The van der Waals surface area contributed by atoms with Gasteiger partial charge in [0.05, 0.1) is 14.2 Å². The first-order valence-electron chi connectivity index (χ1n) is 4.48. The second-order valence-corrected chi connectivity index (χ2v) is 2.96. The normalized spacial score (nSPS) is 10.1. The molecule has 0 saturated heterocycles. The molecule has 0 atom stereocenters. The number of hydrogen-bond acceptors (Lipinski definition) is 4. The zero-order chi connectivity index (χ0) is 11.4. The number of nitrogens with two attached hydrogens (primary N) is 1. The number of phenolic OH excluding ortho intramolecular Hbond substituents is 1. The van der Waals surface area contributed by atoms with E-state index in [0.717, 1.165) is 0 Å². The third kappa shape index (κ3) is 2.12. The lowest BCUT2D eigenvalue weighted by Gasteiger charge is -2.13. The molecule has 15 heavy (non-hydrogen) atoms. The molecule has 0 aromatic heterocycles. The standard InChI is InChI=1S/C10H14FNO3/c1-14-8-5-7(13)9(11)6(3-4-12)10(8)15-2/h5,13H,3-4,12H2,1-2H3. The Morgan fingerprint density at radius 1 is 1.40 bits per heavy atom. The average molecular weight is 215 g/mol. The fourth-order valence-corrected chi connectivity index (χ4v) is 1.40. The molecule has 4 nitrogen and oxygen atoms in total. The van der Waals surface area contributed by atoms with Gasteiger partial charge in [-0.15, -0.1) is 0 Å². The van der Waals surface area contributed by atoms with Crippen LogP contribution in [0.15, 0.2) is 6.07 Å². The predicted octanol–water partition coefficient (Wildman–Crippen LogP) is 1.05. The van der Waals surface area contributed by atoms with Crippen LogP contribution in [0.1, 0.15) is 5.56 Å². The van der Waals surface area contributed by atoms with Gasteiger partial charge in [-0.2, -0.15) is 0 Å². The van der Waals surface area contributed by atoms with Crippen molar-refractivity contribution in [3.05, 3.63) is 17.4 Å². The summed E-state index contributed by atoms with van der Waals surface area (Å²) in [6.45, 7) is 0.264. The van der Waals surface area contributed by atoms with Gasteiger partial charge in [0.25, 0.3) is 0 Å². The SMILES string of the molecule is COc1cc(O)c(F)c(CCN)c1OC. The molecule has 1 aromatic carbocycles. The Balaban J connectivity index is 3.35. The smallest absolute Gasteiger partial charge is 0.172 e. The maximum absolute atomic E-state index is 13.5. The van der Waals surface area contributed by atoms with Crippen LogP contribution in [-0.4, -0.2) is 25.9 Å². The molecular weight excluding hydrogens is 201 g/mol. The number of hydrogen-bond donors (Lipinski definition) is 2. The van der Waals surface area contributed by atoms with Crippen molar-refractivity contribution in [1.29, 1.82) is 0 Å². The minimum atomic E-state index is -0.710. The zero-order valence-electron chi connectivity index (χ0n) is 8.71. The Labute approximate surface area is 87.4 Å². The maximum Gasteiger partial charge on any atom is 0.172 e. The third-order valence-corrected chi connectivity index (χ3v) is 2.07. The highest BCUT2D eigenvalue weighted by Crippen LogP contribution is 2.37. The number of aromatic hydroxyl groups is 1. The van der Waals surface area contributed by atoms with Crippen molar-refractivity contribution in [3.8, 4) is 17.2 Å². The van der Waals surface area contributed by atoms with E-state index in [0.29, 0.717) is 5.75 Å². The zero-order valence-corrected chi connectivity index (χ0v) is 8.71. The van der Waals surface area contributed by atoms with Gasteiger partial charge in [-0.1, -0.05) is 0 Å². The highest BCUT2D eigenvalue weighted by atomic mass is 19.1. The van der Waals surface area contributed by atoms with E-state index in [9.17, 15) is 9.50 Å². The van der Waals surface area contributed by atoms with Gasteiger partial charge in [0.1, 0.15) is 0 Å². The molecule has 0 amide bonds. The number of phenols is 1. The Kier molecular flexibility index (Phi) is 3.74. The molecule has 0 fully saturated rings. The topological polar surface area (TPSA) is 64.7 Å². The molecule has 1 aromatic rings. The summed E-state index contributed by atoms with van der Waals surface area (Å²) in [5.41, 5.74) is 5.58. The predicted molar refractivity (Wildman–Crippen MR) is 53.9 cm³/mol. The molecule has 84 valence electrons. The molecule has 0 spiro atoms. The van der Waals surface area contributed by atoms with Crippen molar-refractivity contribution in [1.82, 2.24) is 0 Å². The fraction of sp³-hybridized carbons (Fsp3) is 0.400. The van der Waals surface area contributed by atoms with Crippen molar-refractivity contribution in [3.63, 3.8) is 0 Å². The summed E-state index contributed by atoms with van der Waals surface area (Å²) < 4.78 is 23.5. The third-order valence-electron chi connectivity index (χ3n) is 2.07. The molecule has 1 rings (SSSR count). The van der Waals surface area contributed by atoms with E-state index in [-0.39, 0.29) is 24.3 Å². The molecule has 0 saturated carbocycles. The number of benzene rings is 1. The second kappa shape index (κ2) is 4.84. The summed E-state index contributed by atoms with van der Waals surface area (Å²) >= 11 is 0.